The Kier molecular flexibility index (Phi) is 6.82. The highest BCUT2D eigenvalue weighted by atomic mass is 16.3. The lowest BCUT2D eigenvalue weighted by atomic mass is 9.94. The van der Waals surface area contributed by atoms with Crippen molar-refractivity contribution in [3.05, 3.63) is 188 Å². The smallest absolute Gasteiger partial charge is 0.161 e. The molecule has 0 bridgehead atoms. The van der Waals surface area contributed by atoms with Crippen LogP contribution in [0.5, 0.6) is 0 Å². The molecule has 0 unspecified atom stereocenters. The first-order chi connectivity index (χ1) is 26.8. The van der Waals surface area contributed by atoms with Gasteiger partial charge in [0.1, 0.15) is 11.2 Å². The fraction of sp³-hybridized carbons (Fsp3) is 0. The topological polar surface area (TPSA) is 43.9 Å². The molecule has 0 amide bonds. The van der Waals surface area contributed by atoms with Gasteiger partial charge in [-0.2, -0.15) is 0 Å². The van der Waals surface area contributed by atoms with Crippen molar-refractivity contribution in [1.82, 2.24) is 14.5 Å². The standard InChI is InChI=1S/C50H31N3O/c1-2-13-33(14-3-1)44-31-45(43-21-12-20-41-40-19-8-11-24-48(40)54-49(41)43)52-50(51-44)42-30-29-35(36-15-4-5-16-37(36)42)32-25-27-34(28-26-32)53-46-22-9-6-17-38(46)39-18-7-10-23-47(39)53/h1-31H. The first-order valence-corrected chi connectivity index (χ1v) is 18.2. The molecule has 3 aromatic heterocycles. The molecule has 0 radical (unpaired) electrons. The zero-order chi connectivity index (χ0) is 35.6. The van der Waals surface area contributed by atoms with E-state index in [0.29, 0.717) is 5.82 Å². The molecule has 11 aromatic rings. The highest BCUT2D eigenvalue weighted by Crippen LogP contribution is 2.40. The van der Waals surface area contributed by atoms with Crippen LogP contribution in [0.4, 0.5) is 0 Å². The minimum atomic E-state index is 0.670. The molecule has 0 spiro atoms. The van der Waals surface area contributed by atoms with E-state index in [2.05, 4.69) is 162 Å². The first kappa shape index (κ1) is 30.3. The van der Waals surface area contributed by atoms with Crippen LogP contribution in [-0.2, 0) is 0 Å². The van der Waals surface area contributed by atoms with E-state index in [0.717, 1.165) is 77.6 Å². The third-order valence-electron chi connectivity index (χ3n) is 10.7. The predicted molar refractivity (Wildman–Crippen MR) is 223 cm³/mol. The van der Waals surface area contributed by atoms with Crippen LogP contribution in [0.25, 0.3) is 105 Å². The number of aromatic nitrogens is 3. The number of para-hydroxylation sites is 4. The van der Waals surface area contributed by atoms with E-state index >= 15 is 0 Å². The maximum absolute atomic E-state index is 6.48. The summed E-state index contributed by atoms with van der Waals surface area (Å²) >= 11 is 0. The molecule has 4 nitrogen and oxygen atoms in total. The Morgan fingerprint density at radius 3 is 1.69 bits per heavy atom. The van der Waals surface area contributed by atoms with Crippen molar-refractivity contribution >= 4 is 54.5 Å². The summed E-state index contributed by atoms with van der Waals surface area (Å²) < 4.78 is 8.83. The van der Waals surface area contributed by atoms with Gasteiger partial charge < -0.3 is 8.98 Å². The molecule has 3 heterocycles. The molecule has 0 saturated carbocycles. The molecule has 0 fully saturated rings. The Morgan fingerprint density at radius 2 is 0.944 bits per heavy atom. The van der Waals surface area contributed by atoms with E-state index in [4.69, 9.17) is 14.4 Å². The summed E-state index contributed by atoms with van der Waals surface area (Å²) in [7, 11) is 0. The average Bonchev–Trinajstić information content (AvgIpc) is 3.80. The van der Waals surface area contributed by atoms with Gasteiger partial charge in [-0.3, -0.25) is 0 Å². The highest BCUT2D eigenvalue weighted by molar-refractivity contribution is 6.11. The third kappa shape index (κ3) is 4.78. The van der Waals surface area contributed by atoms with Gasteiger partial charge in [0.15, 0.2) is 5.82 Å². The lowest BCUT2D eigenvalue weighted by Gasteiger charge is -2.14. The van der Waals surface area contributed by atoms with Crippen molar-refractivity contribution < 1.29 is 4.42 Å². The number of fused-ring (bicyclic) bond motifs is 7. The fourth-order valence-corrected chi connectivity index (χ4v) is 8.15. The van der Waals surface area contributed by atoms with Crippen molar-refractivity contribution in [3.63, 3.8) is 0 Å². The molecule has 0 aliphatic heterocycles. The summed E-state index contributed by atoms with van der Waals surface area (Å²) in [5.41, 5.74) is 12.2. The van der Waals surface area contributed by atoms with Gasteiger partial charge in [0.2, 0.25) is 0 Å². The van der Waals surface area contributed by atoms with Crippen LogP contribution < -0.4 is 0 Å². The molecule has 0 N–H and O–H groups in total. The summed E-state index contributed by atoms with van der Waals surface area (Å²) in [5.74, 6) is 0.670. The molecule has 54 heavy (non-hydrogen) atoms. The molecule has 11 rings (SSSR count). The van der Waals surface area contributed by atoms with Gasteiger partial charge in [0.05, 0.1) is 22.4 Å². The summed E-state index contributed by atoms with van der Waals surface area (Å²) in [6, 6.07) is 66.1. The molecule has 4 heteroatoms. The van der Waals surface area contributed by atoms with E-state index in [9.17, 15) is 0 Å². The van der Waals surface area contributed by atoms with Crippen LogP contribution in [0.1, 0.15) is 0 Å². The highest BCUT2D eigenvalue weighted by Gasteiger charge is 2.19. The number of rotatable bonds is 5. The Bertz CT molecular complexity index is 3160. The second kappa shape index (κ2) is 12.1. The zero-order valence-corrected chi connectivity index (χ0v) is 29.1. The normalized spacial score (nSPS) is 11.7. The quantitative estimate of drug-likeness (QED) is 0.181. The summed E-state index contributed by atoms with van der Waals surface area (Å²) in [6.45, 7) is 0. The molecular weight excluding hydrogens is 659 g/mol. The number of hydrogen-bond donors (Lipinski definition) is 0. The van der Waals surface area contributed by atoms with Crippen molar-refractivity contribution in [2.75, 3.05) is 0 Å². The number of hydrogen-bond acceptors (Lipinski definition) is 3. The van der Waals surface area contributed by atoms with Crippen molar-refractivity contribution in [2.24, 2.45) is 0 Å². The summed E-state index contributed by atoms with van der Waals surface area (Å²) in [6.07, 6.45) is 0. The number of nitrogens with zero attached hydrogens (tertiary/aromatic N) is 3. The van der Waals surface area contributed by atoms with Gasteiger partial charge in [0.25, 0.3) is 0 Å². The molecule has 252 valence electrons. The van der Waals surface area contributed by atoms with E-state index in [1.54, 1.807) is 0 Å². The third-order valence-corrected chi connectivity index (χ3v) is 10.7. The maximum Gasteiger partial charge on any atom is 0.161 e. The summed E-state index contributed by atoms with van der Waals surface area (Å²) in [4.78, 5) is 10.5. The van der Waals surface area contributed by atoms with Gasteiger partial charge in [-0.15, -0.1) is 0 Å². The lowest BCUT2D eigenvalue weighted by Crippen LogP contribution is -1.97. The van der Waals surface area contributed by atoms with Crippen LogP contribution >= 0.6 is 0 Å². The minimum Gasteiger partial charge on any atom is -0.455 e. The number of furan rings is 1. The van der Waals surface area contributed by atoms with Crippen LogP contribution in [0.2, 0.25) is 0 Å². The van der Waals surface area contributed by atoms with Gasteiger partial charge in [-0.1, -0.05) is 140 Å². The Hall–Kier alpha value is -7.30. The zero-order valence-electron chi connectivity index (χ0n) is 29.1. The molecule has 0 aliphatic rings. The van der Waals surface area contributed by atoms with Gasteiger partial charge in [-0.25, -0.2) is 9.97 Å². The van der Waals surface area contributed by atoms with Crippen molar-refractivity contribution in [2.45, 2.75) is 0 Å². The van der Waals surface area contributed by atoms with Crippen LogP contribution in [-0.4, -0.2) is 14.5 Å². The second-order valence-corrected chi connectivity index (χ2v) is 13.7. The SMILES string of the molecule is c1ccc(-c2cc(-c3cccc4c3oc3ccccc34)nc(-c3ccc(-c4ccc(-n5c6ccccc6c6ccccc65)cc4)c4ccccc34)n2)cc1. The van der Waals surface area contributed by atoms with Crippen LogP contribution in [0.15, 0.2) is 192 Å². The summed E-state index contributed by atoms with van der Waals surface area (Å²) in [5, 5.41) is 6.93. The minimum absolute atomic E-state index is 0.670. The molecule has 0 saturated heterocycles. The monoisotopic (exact) mass is 689 g/mol. The average molecular weight is 690 g/mol. The first-order valence-electron chi connectivity index (χ1n) is 18.2. The lowest BCUT2D eigenvalue weighted by molar-refractivity contribution is 0.670. The van der Waals surface area contributed by atoms with Gasteiger partial charge in [-0.05, 0) is 70.4 Å². The Labute approximate surface area is 311 Å². The molecular formula is C50H31N3O. The van der Waals surface area contributed by atoms with E-state index in [1.807, 2.05) is 30.3 Å². The fourth-order valence-electron chi connectivity index (χ4n) is 8.15. The van der Waals surface area contributed by atoms with Gasteiger partial charge >= 0.3 is 0 Å². The van der Waals surface area contributed by atoms with E-state index in [-0.39, 0.29) is 0 Å². The Balaban J connectivity index is 1.06. The maximum atomic E-state index is 6.48. The largest absolute Gasteiger partial charge is 0.455 e. The van der Waals surface area contributed by atoms with Gasteiger partial charge in [0, 0.05) is 43.9 Å². The molecule has 0 aliphatic carbocycles. The van der Waals surface area contributed by atoms with Crippen LogP contribution in [0.3, 0.4) is 0 Å². The van der Waals surface area contributed by atoms with E-state index in [1.165, 1.54) is 21.8 Å². The molecule has 8 aromatic carbocycles. The Morgan fingerprint density at radius 1 is 0.370 bits per heavy atom. The van der Waals surface area contributed by atoms with Crippen molar-refractivity contribution in [3.8, 4) is 50.7 Å². The molecule has 0 atom stereocenters. The predicted octanol–water partition coefficient (Wildman–Crippen LogP) is 13.3. The number of benzene rings is 8. The van der Waals surface area contributed by atoms with Crippen molar-refractivity contribution in [1.29, 1.82) is 0 Å². The second-order valence-electron chi connectivity index (χ2n) is 13.7. The van der Waals surface area contributed by atoms with E-state index < -0.39 is 0 Å². The van der Waals surface area contributed by atoms with Crippen LogP contribution in [0, 0.1) is 0 Å².